The van der Waals surface area contributed by atoms with Gasteiger partial charge in [0.1, 0.15) is 18.4 Å². The summed E-state index contributed by atoms with van der Waals surface area (Å²) < 4.78 is 26.1. The van der Waals surface area contributed by atoms with Gasteiger partial charge in [-0.1, -0.05) is 0 Å². The topological polar surface area (TPSA) is 196 Å². The Hall–Kier alpha value is -3.92. The fourth-order valence-corrected chi connectivity index (χ4v) is 3.82. The highest BCUT2D eigenvalue weighted by Crippen LogP contribution is 2.30. The monoisotopic (exact) mass is 565 g/mol. The lowest BCUT2D eigenvalue weighted by Crippen LogP contribution is -2.54. The van der Waals surface area contributed by atoms with Gasteiger partial charge in [-0.25, -0.2) is 4.79 Å². The average molecular weight is 566 g/mol. The van der Waals surface area contributed by atoms with E-state index in [9.17, 15) is 28.8 Å². The summed E-state index contributed by atoms with van der Waals surface area (Å²) in [5.41, 5.74) is 0.169. The lowest BCUT2D eigenvalue weighted by atomic mass is 10.0. The number of hydrogen-bond donors (Lipinski definition) is 3. The third-order valence-corrected chi connectivity index (χ3v) is 5.69. The van der Waals surface area contributed by atoms with E-state index in [-0.39, 0.29) is 69.3 Å². The molecule has 0 aromatic heterocycles. The van der Waals surface area contributed by atoms with Gasteiger partial charge in [-0.15, -0.1) is 0 Å². The van der Waals surface area contributed by atoms with Gasteiger partial charge in [0, 0.05) is 13.0 Å². The summed E-state index contributed by atoms with van der Waals surface area (Å²) in [7, 11) is 0. The van der Waals surface area contributed by atoms with Gasteiger partial charge < -0.3 is 34.1 Å². The van der Waals surface area contributed by atoms with Crippen LogP contribution in [0.2, 0.25) is 0 Å². The van der Waals surface area contributed by atoms with Crippen LogP contribution in [0.5, 0.6) is 5.75 Å². The largest absolute Gasteiger partial charge is 0.484 e. The molecule has 1 saturated heterocycles. The number of benzene rings is 1. The molecule has 3 N–H and O–H groups in total. The number of carbonyl (C=O) groups excluding carboxylic acids is 5. The van der Waals surface area contributed by atoms with Gasteiger partial charge in [-0.3, -0.25) is 34.2 Å². The molecule has 218 valence electrons. The number of carboxylic acid groups (broad SMARTS) is 1. The van der Waals surface area contributed by atoms with Crippen LogP contribution in [0, 0.1) is 0 Å². The van der Waals surface area contributed by atoms with Crippen molar-refractivity contribution >= 4 is 35.5 Å². The van der Waals surface area contributed by atoms with Crippen LogP contribution in [-0.4, -0.2) is 118 Å². The lowest BCUT2D eigenvalue weighted by Gasteiger charge is -2.27. The number of carbonyl (C=O) groups is 6. The number of carboxylic acids is 1. The van der Waals surface area contributed by atoms with Gasteiger partial charge in [-0.2, -0.15) is 0 Å². The molecule has 1 aromatic rings. The molecule has 1 atom stereocenters. The predicted molar refractivity (Wildman–Crippen MR) is 133 cm³/mol. The van der Waals surface area contributed by atoms with Crippen LogP contribution in [0.1, 0.15) is 33.6 Å². The maximum absolute atomic E-state index is 12.8. The molecule has 1 unspecified atom stereocenters. The molecule has 0 radical (unpaired) electrons. The number of nitrogens with zero attached hydrogens (tertiary/aromatic N) is 1. The fraction of sp³-hybridized carbons (Fsp3) is 0.520. The Morgan fingerprint density at radius 2 is 1.50 bits per heavy atom. The van der Waals surface area contributed by atoms with Crippen molar-refractivity contribution in [1.29, 1.82) is 0 Å². The molecule has 2 heterocycles. The van der Waals surface area contributed by atoms with Crippen molar-refractivity contribution in [3.05, 3.63) is 29.3 Å². The number of aliphatic carboxylic acids is 1. The summed E-state index contributed by atoms with van der Waals surface area (Å²) in [6, 6.07) is 3.13. The molecule has 2 aliphatic heterocycles. The van der Waals surface area contributed by atoms with Gasteiger partial charge in [0.2, 0.25) is 11.8 Å². The normalized spacial score (nSPS) is 16.6. The Morgan fingerprint density at radius 1 is 0.875 bits per heavy atom. The summed E-state index contributed by atoms with van der Waals surface area (Å²) in [5, 5.41) is 13.2. The number of fused-ring (bicyclic) bond motifs is 1. The van der Waals surface area contributed by atoms with Crippen LogP contribution in [0.15, 0.2) is 18.2 Å². The minimum absolute atomic E-state index is 0.0257. The zero-order valence-corrected chi connectivity index (χ0v) is 21.7. The lowest BCUT2D eigenvalue weighted by molar-refractivity contribution is -0.143. The van der Waals surface area contributed by atoms with E-state index in [0.717, 1.165) is 4.90 Å². The van der Waals surface area contributed by atoms with Crippen LogP contribution in [0.3, 0.4) is 0 Å². The number of hydrogen-bond acceptors (Lipinski definition) is 11. The van der Waals surface area contributed by atoms with Crippen molar-refractivity contribution in [3.63, 3.8) is 0 Å². The van der Waals surface area contributed by atoms with Crippen molar-refractivity contribution in [2.24, 2.45) is 0 Å². The van der Waals surface area contributed by atoms with Crippen LogP contribution in [0.4, 0.5) is 0 Å². The molecule has 0 bridgehead atoms. The SMILES string of the molecule is O=C(O)COCCOCCOCCOCCNC(=O)COc1ccc2c(c1)C(=O)N(C1CCC(=O)NC1=O)C2=O. The first-order valence-corrected chi connectivity index (χ1v) is 12.6. The quantitative estimate of drug-likeness (QED) is 0.141. The number of ether oxygens (including phenoxy) is 5. The third-order valence-electron chi connectivity index (χ3n) is 5.69. The molecule has 40 heavy (non-hydrogen) atoms. The maximum atomic E-state index is 12.8. The average Bonchev–Trinajstić information content (AvgIpc) is 3.16. The molecule has 1 aromatic carbocycles. The molecule has 2 aliphatic rings. The summed E-state index contributed by atoms with van der Waals surface area (Å²) in [5.74, 6) is -3.70. The van der Waals surface area contributed by atoms with E-state index >= 15 is 0 Å². The van der Waals surface area contributed by atoms with Crippen molar-refractivity contribution in [1.82, 2.24) is 15.5 Å². The molecule has 15 nitrogen and oxygen atoms in total. The summed E-state index contributed by atoms with van der Waals surface area (Å²) >= 11 is 0. The second kappa shape index (κ2) is 15.6. The molecule has 15 heteroatoms. The van der Waals surface area contributed by atoms with Crippen molar-refractivity contribution in [2.75, 3.05) is 66.0 Å². The van der Waals surface area contributed by atoms with E-state index in [1.54, 1.807) is 0 Å². The molecular formula is C25H31N3O12. The number of piperidine rings is 1. The van der Waals surface area contributed by atoms with Crippen molar-refractivity contribution in [2.45, 2.75) is 18.9 Å². The summed E-state index contributed by atoms with van der Waals surface area (Å²) in [6.07, 6.45) is 0.0817. The predicted octanol–water partition coefficient (Wildman–Crippen LogP) is -1.27. The second-order valence-corrected chi connectivity index (χ2v) is 8.58. The first-order valence-electron chi connectivity index (χ1n) is 12.6. The van der Waals surface area contributed by atoms with E-state index in [1.807, 2.05) is 0 Å². The van der Waals surface area contributed by atoms with E-state index in [0.29, 0.717) is 26.4 Å². The zero-order valence-electron chi connectivity index (χ0n) is 21.7. The molecular weight excluding hydrogens is 534 g/mol. The Morgan fingerprint density at radius 3 is 2.15 bits per heavy atom. The van der Waals surface area contributed by atoms with Gasteiger partial charge in [-0.05, 0) is 24.6 Å². The van der Waals surface area contributed by atoms with E-state index in [1.165, 1.54) is 18.2 Å². The fourth-order valence-electron chi connectivity index (χ4n) is 3.82. The smallest absolute Gasteiger partial charge is 0.329 e. The molecule has 0 spiro atoms. The number of nitrogens with one attached hydrogen (secondary N) is 2. The maximum Gasteiger partial charge on any atom is 0.329 e. The number of imide groups is 2. The van der Waals surface area contributed by atoms with Gasteiger partial charge in [0.05, 0.1) is 57.4 Å². The second-order valence-electron chi connectivity index (χ2n) is 8.58. The number of rotatable bonds is 18. The van der Waals surface area contributed by atoms with E-state index in [2.05, 4.69) is 10.6 Å². The van der Waals surface area contributed by atoms with Crippen molar-refractivity contribution < 1.29 is 57.6 Å². The Kier molecular flexibility index (Phi) is 12.0. The zero-order chi connectivity index (χ0) is 28.9. The molecule has 0 saturated carbocycles. The minimum Gasteiger partial charge on any atom is -0.484 e. The molecule has 1 fully saturated rings. The van der Waals surface area contributed by atoms with E-state index in [4.69, 9.17) is 28.8 Å². The van der Waals surface area contributed by atoms with Crippen LogP contribution in [0.25, 0.3) is 0 Å². The third kappa shape index (κ3) is 9.08. The summed E-state index contributed by atoms with van der Waals surface area (Å²) in [6.45, 7) is 1.56. The van der Waals surface area contributed by atoms with Crippen molar-refractivity contribution in [3.8, 4) is 5.75 Å². The number of amides is 5. The van der Waals surface area contributed by atoms with Gasteiger partial charge in [0.25, 0.3) is 17.7 Å². The minimum atomic E-state index is -1.06. The highest BCUT2D eigenvalue weighted by atomic mass is 16.6. The first kappa shape index (κ1) is 30.6. The molecule has 5 amide bonds. The Balaban J connectivity index is 1.26. The highest BCUT2D eigenvalue weighted by molar-refractivity contribution is 6.23. The van der Waals surface area contributed by atoms with Crippen LogP contribution >= 0.6 is 0 Å². The van der Waals surface area contributed by atoms with Crippen LogP contribution < -0.4 is 15.4 Å². The molecule has 0 aliphatic carbocycles. The van der Waals surface area contributed by atoms with Crippen LogP contribution in [-0.2, 0) is 38.1 Å². The highest BCUT2D eigenvalue weighted by Gasteiger charge is 2.44. The van der Waals surface area contributed by atoms with Gasteiger partial charge >= 0.3 is 5.97 Å². The molecule has 3 rings (SSSR count). The first-order chi connectivity index (χ1) is 19.3. The van der Waals surface area contributed by atoms with E-state index < -0.39 is 41.5 Å². The summed E-state index contributed by atoms with van der Waals surface area (Å²) in [4.78, 5) is 72.3. The van der Waals surface area contributed by atoms with Gasteiger partial charge in [0.15, 0.2) is 6.61 Å². The Labute approximate surface area is 229 Å². The Bertz CT molecular complexity index is 1110. The standard InChI is InChI=1S/C25H31N3O12/c29-20-4-3-19(23(33)27-20)28-24(34)17-2-1-16(13-18(17)25(28)35)40-14-21(30)26-5-6-36-7-8-37-9-10-38-11-12-39-15-22(31)32/h1-2,13,19H,3-12,14-15H2,(H,26,30)(H,31,32)(H,27,29,33).